The van der Waals surface area contributed by atoms with Crippen molar-refractivity contribution in [2.45, 2.75) is 56.3 Å². The van der Waals surface area contributed by atoms with Crippen LogP contribution in [0.4, 0.5) is 20.8 Å². The molecule has 0 radical (unpaired) electrons. The standard InChI is InChI=1S/C23H26FN9O2/c1-23(6-7-23)29-22(34)35-18-4-3-14(20(18)24)15-9-19(31-30-15)28-21-17-5-8-25-33(17)12-16(27-21)13-10-26-32(2)11-13/h5,8-12,14,18,20H,3-4,6-7H2,1-2H3,(H,29,34)(H2,27,28,30,31)/t14-,18-,20-/m1/s1. The van der Waals surface area contributed by atoms with E-state index in [2.05, 4.69) is 31.0 Å². The Bertz CT molecular complexity index is 1390. The number of H-pyrrole nitrogens is 1. The molecule has 2 aliphatic carbocycles. The van der Waals surface area contributed by atoms with Crippen molar-refractivity contribution in [3.63, 3.8) is 0 Å². The number of alkyl carbamates (subject to hydrolysis) is 1. The number of hydrogen-bond donors (Lipinski definition) is 3. The summed E-state index contributed by atoms with van der Waals surface area (Å²) in [7, 11) is 1.84. The second kappa shape index (κ2) is 8.07. The Morgan fingerprint density at radius 3 is 2.91 bits per heavy atom. The van der Waals surface area contributed by atoms with Gasteiger partial charge in [0.05, 0.1) is 24.3 Å². The number of alkyl halides is 1. The summed E-state index contributed by atoms with van der Waals surface area (Å²) in [6, 6.07) is 3.62. The zero-order valence-corrected chi connectivity index (χ0v) is 19.4. The Morgan fingerprint density at radius 1 is 1.29 bits per heavy atom. The van der Waals surface area contributed by atoms with Gasteiger partial charge in [-0.3, -0.25) is 9.78 Å². The third-order valence-electron chi connectivity index (χ3n) is 6.80. The van der Waals surface area contributed by atoms with Gasteiger partial charge in [-0.25, -0.2) is 18.7 Å². The number of ether oxygens (including phenoxy) is 1. The molecule has 182 valence electrons. The van der Waals surface area contributed by atoms with Crippen molar-refractivity contribution < 1.29 is 13.9 Å². The van der Waals surface area contributed by atoms with Crippen LogP contribution in [0.15, 0.2) is 36.9 Å². The maximum atomic E-state index is 15.2. The van der Waals surface area contributed by atoms with Crippen molar-refractivity contribution in [3.8, 4) is 11.3 Å². The topological polar surface area (TPSA) is 127 Å². The van der Waals surface area contributed by atoms with E-state index in [9.17, 15) is 4.79 Å². The van der Waals surface area contributed by atoms with Gasteiger partial charge >= 0.3 is 6.09 Å². The van der Waals surface area contributed by atoms with Gasteiger partial charge in [0.25, 0.3) is 0 Å². The van der Waals surface area contributed by atoms with Gasteiger partial charge in [0, 0.05) is 42.0 Å². The highest BCUT2D eigenvalue weighted by Gasteiger charge is 2.43. The number of amides is 1. The summed E-state index contributed by atoms with van der Waals surface area (Å²) < 4.78 is 24.0. The number of fused-ring (bicyclic) bond motifs is 1. The molecule has 2 aliphatic rings. The van der Waals surface area contributed by atoms with Gasteiger partial charge in [-0.1, -0.05) is 0 Å². The highest BCUT2D eigenvalue weighted by Crippen LogP contribution is 2.39. The van der Waals surface area contributed by atoms with Crippen LogP contribution in [0, 0.1) is 0 Å². The highest BCUT2D eigenvalue weighted by atomic mass is 19.1. The zero-order valence-electron chi connectivity index (χ0n) is 19.4. The minimum atomic E-state index is -1.31. The number of carbonyl (C=O) groups is 1. The smallest absolute Gasteiger partial charge is 0.407 e. The van der Waals surface area contributed by atoms with Gasteiger partial charge in [0.15, 0.2) is 11.6 Å². The lowest BCUT2D eigenvalue weighted by Crippen LogP contribution is -2.38. The predicted molar refractivity (Wildman–Crippen MR) is 125 cm³/mol. The lowest BCUT2D eigenvalue weighted by Gasteiger charge is -2.19. The number of aromatic nitrogens is 7. The minimum absolute atomic E-state index is 0.200. The number of aryl methyl sites for hydroxylation is 1. The first kappa shape index (κ1) is 21.6. The number of rotatable bonds is 6. The van der Waals surface area contributed by atoms with E-state index in [0.29, 0.717) is 35.9 Å². The van der Waals surface area contributed by atoms with Gasteiger partial charge in [0.1, 0.15) is 17.8 Å². The van der Waals surface area contributed by atoms with Gasteiger partial charge in [-0.2, -0.15) is 15.3 Å². The number of nitrogens with zero attached hydrogens (tertiary/aromatic N) is 6. The van der Waals surface area contributed by atoms with E-state index in [1.807, 2.05) is 32.4 Å². The first-order valence-electron chi connectivity index (χ1n) is 11.7. The summed E-state index contributed by atoms with van der Waals surface area (Å²) in [6.07, 6.45) is 7.36. The zero-order chi connectivity index (χ0) is 24.2. The Labute approximate surface area is 200 Å². The first-order valence-corrected chi connectivity index (χ1v) is 11.7. The number of anilines is 2. The van der Waals surface area contributed by atoms with Crippen molar-refractivity contribution in [2.24, 2.45) is 7.05 Å². The first-order chi connectivity index (χ1) is 16.9. The molecule has 0 aliphatic heterocycles. The molecule has 2 fully saturated rings. The van der Waals surface area contributed by atoms with E-state index >= 15 is 4.39 Å². The van der Waals surface area contributed by atoms with Crippen molar-refractivity contribution in [3.05, 3.63) is 42.6 Å². The van der Waals surface area contributed by atoms with Crippen molar-refractivity contribution in [1.29, 1.82) is 0 Å². The fraction of sp³-hybridized carbons (Fsp3) is 0.435. The Balaban J connectivity index is 1.18. The molecule has 0 unspecified atom stereocenters. The van der Waals surface area contributed by atoms with E-state index < -0.39 is 24.3 Å². The fourth-order valence-electron chi connectivity index (χ4n) is 4.52. The normalized spacial score (nSPS) is 22.9. The molecule has 12 heteroatoms. The third-order valence-corrected chi connectivity index (χ3v) is 6.80. The minimum Gasteiger partial charge on any atom is -0.443 e. The van der Waals surface area contributed by atoms with Crippen LogP contribution < -0.4 is 10.6 Å². The molecular weight excluding hydrogens is 453 g/mol. The molecule has 11 nitrogen and oxygen atoms in total. The van der Waals surface area contributed by atoms with E-state index in [1.165, 1.54) is 0 Å². The predicted octanol–water partition coefficient (Wildman–Crippen LogP) is 3.46. The molecule has 2 saturated carbocycles. The number of halogens is 1. The lowest BCUT2D eigenvalue weighted by atomic mass is 10.0. The summed E-state index contributed by atoms with van der Waals surface area (Å²) in [5.41, 5.74) is 2.77. The van der Waals surface area contributed by atoms with Crippen LogP contribution in [0.2, 0.25) is 0 Å². The average Bonchev–Trinajstić information content (AvgIpc) is 3.34. The molecular formula is C23H26FN9O2. The summed E-state index contributed by atoms with van der Waals surface area (Å²) in [5.74, 6) is 0.642. The van der Waals surface area contributed by atoms with Crippen LogP contribution in [0.3, 0.4) is 0 Å². The second-order valence-electron chi connectivity index (χ2n) is 9.63. The van der Waals surface area contributed by atoms with Crippen molar-refractivity contribution in [2.75, 3.05) is 5.32 Å². The van der Waals surface area contributed by atoms with Gasteiger partial charge in [0.2, 0.25) is 0 Å². The quantitative estimate of drug-likeness (QED) is 0.386. The van der Waals surface area contributed by atoms with E-state index in [1.54, 1.807) is 27.7 Å². The lowest BCUT2D eigenvalue weighted by molar-refractivity contribution is 0.0546. The fourth-order valence-corrected chi connectivity index (χ4v) is 4.52. The van der Waals surface area contributed by atoms with Gasteiger partial charge in [-0.15, -0.1) is 0 Å². The summed E-state index contributed by atoms with van der Waals surface area (Å²) in [4.78, 5) is 16.9. The number of aromatic amines is 1. The number of nitrogens with one attached hydrogen (secondary N) is 3. The summed E-state index contributed by atoms with van der Waals surface area (Å²) in [5, 5.41) is 21.9. The Morgan fingerprint density at radius 2 is 2.14 bits per heavy atom. The molecule has 35 heavy (non-hydrogen) atoms. The largest absolute Gasteiger partial charge is 0.443 e. The Kier molecular flexibility index (Phi) is 4.97. The van der Waals surface area contributed by atoms with Crippen LogP contribution in [0.5, 0.6) is 0 Å². The Hall–Kier alpha value is -3.96. The molecule has 4 aromatic rings. The molecule has 0 spiro atoms. The van der Waals surface area contributed by atoms with Crippen LogP contribution in [0.1, 0.15) is 44.2 Å². The van der Waals surface area contributed by atoms with Gasteiger partial charge < -0.3 is 15.4 Å². The van der Waals surface area contributed by atoms with Crippen molar-refractivity contribution in [1.82, 2.24) is 39.9 Å². The van der Waals surface area contributed by atoms with Gasteiger partial charge in [-0.05, 0) is 38.7 Å². The number of hydrogen-bond acceptors (Lipinski definition) is 7. The monoisotopic (exact) mass is 479 g/mol. The molecule has 0 saturated heterocycles. The van der Waals surface area contributed by atoms with E-state index in [-0.39, 0.29) is 5.54 Å². The molecule has 4 aromatic heterocycles. The second-order valence-corrected chi connectivity index (χ2v) is 9.63. The van der Waals surface area contributed by atoms with E-state index in [4.69, 9.17) is 9.72 Å². The van der Waals surface area contributed by atoms with Crippen LogP contribution in [0.25, 0.3) is 16.8 Å². The molecule has 3 N–H and O–H groups in total. The highest BCUT2D eigenvalue weighted by molar-refractivity contribution is 5.75. The summed E-state index contributed by atoms with van der Waals surface area (Å²) in [6.45, 7) is 1.96. The van der Waals surface area contributed by atoms with E-state index in [0.717, 1.165) is 23.9 Å². The number of carbonyl (C=O) groups excluding carboxylic acids is 1. The molecule has 1 amide bonds. The maximum Gasteiger partial charge on any atom is 0.407 e. The van der Waals surface area contributed by atoms with Crippen LogP contribution in [-0.2, 0) is 11.8 Å². The van der Waals surface area contributed by atoms with Crippen LogP contribution in [-0.4, -0.2) is 58.5 Å². The average molecular weight is 480 g/mol. The van der Waals surface area contributed by atoms with Crippen LogP contribution >= 0.6 is 0 Å². The molecule has 4 heterocycles. The molecule has 6 rings (SSSR count). The molecule has 0 aromatic carbocycles. The third kappa shape index (κ3) is 4.19. The molecule has 3 atom stereocenters. The SMILES string of the molecule is Cn1cc(-c2cn3nccc3c(Nc3cc([C@H]4CC[C@@H](OC(=O)NC5(C)CC5)[C@@H]4F)[nH]n3)n2)cn1. The van der Waals surface area contributed by atoms with Crippen molar-refractivity contribution >= 4 is 23.2 Å². The summed E-state index contributed by atoms with van der Waals surface area (Å²) >= 11 is 0. The maximum absolute atomic E-state index is 15.2. The molecule has 0 bridgehead atoms.